The van der Waals surface area contributed by atoms with Gasteiger partial charge in [-0.05, 0) is 23.1 Å². The summed E-state index contributed by atoms with van der Waals surface area (Å²) in [6, 6.07) is 7.46. The van der Waals surface area contributed by atoms with Crippen molar-refractivity contribution in [2.24, 2.45) is 11.1 Å². The van der Waals surface area contributed by atoms with Gasteiger partial charge in [0.1, 0.15) is 0 Å². The summed E-state index contributed by atoms with van der Waals surface area (Å²) in [6.45, 7) is 6.63. The van der Waals surface area contributed by atoms with Gasteiger partial charge in [-0.3, -0.25) is 4.79 Å². The summed E-state index contributed by atoms with van der Waals surface area (Å²) in [5.41, 5.74) is 7.73. The highest BCUT2D eigenvalue weighted by molar-refractivity contribution is 5.91. The van der Waals surface area contributed by atoms with Gasteiger partial charge in [0.25, 0.3) is 0 Å². The van der Waals surface area contributed by atoms with E-state index in [4.69, 9.17) is 10.5 Å². The molecule has 0 aromatic heterocycles. The molecular weight excluding hydrogens is 240 g/mol. The number of ether oxygens (including phenoxy) is 1. The van der Waals surface area contributed by atoms with E-state index in [0.717, 1.165) is 11.3 Å². The maximum atomic E-state index is 11.9. The zero-order chi connectivity index (χ0) is 14.5. The van der Waals surface area contributed by atoms with Crippen LogP contribution in [-0.4, -0.2) is 19.1 Å². The first-order chi connectivity index (χ1) is 8.82. The first-order valence-corrected chi connectivity index (χ1v) is 6.46. The van der Waals surface area contributed by atoms with Crippen LogP contribution in [-0.2, 0) is 16.1 Å². The van der Waals surface area contributed by atoms with E-state index in [2.05, 4.69) is 5.32 Å². The van der Waals surface area contributed by atoms with E-state index in [1.807, 2.05) is 45.0 Å². The molecule has 19 heavy (non-hydrogen) atoms. The van der Waals surface area contributed by atoms with Crippen LogP contribution >= 0.6 is 0 Å². The van der Waals surface area contributed by atoms with Crippen LogP contribution in [0.4, 0.5) is 5.69 Å². The number of benzene rings is 1. The molecule has 4 nitrogen and oxygen atoms in total. The van der Waals surface area contributed by atoms with E-state index in [1.165, 1.54) is 0 Å². The summed E-state index contributed by atoms with van der Waals surface area (Å²) in [6.07, 6.45) is 0.317. The Bertz CT molecular complexity index is 424. The Balaban J connectivity index is 2.59. The molecule has 0 radical (unpaired) electrons. The second kappa shape index (κ2) is 6.68. The number of carbonyl (C=O) groups excluding carboxylic acids is 1. The topological polar surface area (TPSA) is 64.3 Å². The molecule has 0 spiro atoms. The highest BCUT2D eigenvalue weighted by atomic mass is 16.5. The molecule has 1 atom stereocenters. The van der Waals surface area contributed by atoms with E-state index in [0.29, 0.717) is 13.0 Å². The molecule has 0 saturated carbocycles. The van der Waals surface area contributed by atoms with Gasteiger partial charge in [0.2, 0.25) is 5.91 Å². The van der Waals surface area contributed by atoms with Gasteiger partial charge in [0.05, 0.1) is 6.61 Å². The molecule has 0 heterocycles. The van der Waals surface area contributed by atoms with Crippen LogP contribution in [0.15, 0.2) is 24.3 Å². The van der Waals surface area contributed by atoms with Gasteiger partial charge < -0.3 is 15.8 Å². The van der Waals surface area contributed by atoms with Gasteiger partial charge in [0.15, 0.2) is 0 Å². The Morgan fingerprint density at radius 1 is 1.42 bits per heavy atom. The Hall–Kier alpha value is -1.39. The third kappa shape index (κ3) is 5.41. The van der Waals surface area contributed by atoms with Crippen molar-refractivity contribution in [3.05, 3.63) is 29.8 Å². The molecule has 0 aliphatic carbocycles. The lowest BCUT2D eigenvalue weighted by molar-refractivity contribution is -0.117. The average molecular weight is 264 g/mol. The Morgan fingerprint density at radius 2 is 2.11 bits per heavy atom. The summed E-state index contributed by atoms with van der Waals surface area (Å²) < 4.78 is 5.06. The number of hydrogen-bond donors (Lipinski definition) is 2. The minimum absolute atomic E-state index is 0.0583. The molecule has 3 N–H and O–H groups in total. The number of nitrogens with one attached hydrogen (secondary N) is 1. The molecule has 1 amide bonds. The highest BCUT2D eigenvalue weighted by Crippen LogP contribution is 2.20. The van der Waals surface area contributed by atoms with Gasteiger partial charge in [-0.25, -0.2) is 0 Å². The van der Waals surface area contributed by atoms with Crippen molar-refractivity contribution in [1.29, 1.82) is 0 Å². The zero-order valence-corrected chi connectivity index (χ0v) is 12.2. The molecule has 1 unspecified atom stereocenters. The van der Waals surface area contributed by atoms with Gasteiger partial charge >= 0.3 is 0 Å². The van der Waals surface area contributed by atoms with E-state index in [1.54, 1.807) is 7.11 Å². The first kappa shape index (κ1) is 15.7. The average Bonchev–Trinajstić information content (AvgIpc) is 2.28. The van der Waals surface area contributed by atoms with Gasteiger partial charge in [-0.2, -0.15) is 0 Å². The SMILES string of the molecule is COCc1cccc(NC(=O)CC(N)C(C)(C)C)c1. The Labute approximate surface area is 115 Å². The van der Waals surface area contributed by atoms with E-state index in [9.17, 15) is 4.79 Å². The third-order valence-electron chi connectivity index (χ3n) is 3.04. The Morgan fingerprint density at radius 3 is 2.68 bits per heavy atom. The molecule has 0 fully saturated rings. The van der Waals surface area contributed by atoms with Crippen molar-refractivity contribution in [2.75, 3.05) is 12.4 Å². The van der Waals surface area contributed by atoms with Gasteiger partial charge in [-0.1, -0.05) is 32.9 Å². The predicted octanol–water partition coefficient (Wildman–Crippen LogP) is 2.54. The molecule has 0 bridgehead atoms. The van der Waals surface area contributed by atoms with Crippen LogP contribution in [0.1, 0.15) is 32.8 Å². The van der Waals surface area contributed by atoms with E-state index >= 15 is 0 Å². The van der Waals surface area contributed by atoms with Crippen LogP contribution < -0.4 is 11.1 Å². The van der Waals surface area contributed by atoms with Crippen molar-refractivity contribution in [3.8, 4) is 0 Å². The molecule has 106 valence electrons. The molecule has 1 aromatic carbocycles. The molecule has 0 aliphatic heterocycles. The van der Waals surface area contributed by atoms with Gasteiger partial charge in [0, 0.05) is 25.3 Å². The minimum Gasteiger partial charge on any atom is -0.380 e. The van der Waals surface area contributed by atoms with Crippen LogP contribution in [0.2, 0.25) is 0 Å². The van der Waals surface area contributed by atoms with Crippen LogP contribution in [0.5, 0.6) is 0 Å². The zero-order valence-electron chi connectivity index (χ0n) is 12.2. The van der Waals surface area contributed by atoms with Crippen molar-refractivity contribution >= 4 is 11.6 Å². The number of methoxy groups -OCH3 is 1. The number of amides is 1. The minimum atomic E-state index is -0.158. The number of rotatable bonds is 5. The standard InChI is InChI=1S/C15H24N2O2/c1-15(2,3)13(16)9-14(18)17-12-7-5-6-11(8-12)10-19-4/h5-8,13H,9-10,16H2,1-4H3,(H,17,18). The molecule has 0 saturated heterocycles. The first-order valence-electron chi connectivity index (χ1n) is 6.46. The maximum absolute atomic E-state index is 11.9. The van der Waals surface area contributed by atoms with Crippen LogP contribution in [0, 0.1) is 5.41 Å². The Kier molecular flexibility index (Phi) is 5.51. The summed E-state index contributed by atoms with van der Waals surface area (Å²) in [4.78, 5) is 11.9. The van der Waals surface area contributed by atoms with Crippen molar-refractivity contribution < 1.29 is 9.53 Å². The number of carbonyl (C=O) groups is 1. The second-order valence-corrected chi connectivity index (χ2v) is 5.86. The lowest BCUT2D eigenvalue weighted by Gasteiger charge is -2.26. The van der Waals surface area contributed by atoms with Gasteiger partial charge in [-0.15, -0.1) is 0 Å². The fraction of sp³-hybridized carbons (Fsp3) is 0.533. The molecular formula is C15H24N2O2. The van der Waals surface area contributed by atoms with Crippen molar-refractivity contribution in [2.45, 2.75) is 39.8 Å². The molecule has 1 rings (SSSR count). The molecule has 4 heteroatoms. The number of anilines is 1. The normalized spacial score (nSPS) is 13.1. The fourth-order valence-electron chi connectivity index (χ4n) is 1.62. The number of hydrogen-bond acceptors (Lipinski definition) is 3. The maximum Gasteiger partial charge on any atom is 0.225 e. The smallest absolute Gasteiger partial charge is 0.225 e. The van der Waals surface area contributed by atoms with Crippen molar-refractivity contribution in [1.82, 2.24) is 0 Å². The van der Waals surface area contributed by atoms with E-state index < -0.39 is 0 Å². The second-order valence-electron chi connectivity index (χ2n) is 5.86. The van der Waals surface area contributed by atoms with Crippen molar-refractivity contribution in [3.63, 3.8) is 0 Å². The lowest BCUT2D eigenvalue weighted by atomic mass is 9.85. The summed E-state index contributed by atoms with van der Waals surface area (Å²) >= 11 is 0. The third-order valence-corrected chi connectivity index (χ3v) is 3.04. The largest absolute Gasteiger partial charge is 0.380 e. The van der Waals surface area contributed by atoms with Crippen LogP contribution in [0.3, 0.4) is 0 Å². The summed E-state index contributed by atoms with van der Waals surface area (Å²) in [5.74, 6) is -0.0583. The van der Waals surface area contributed by atoms with Crippen LogP contribution in [0.25, 0.3) is 0 Å². The molecule has 0 aliphatic rings. The number of nitrogens with two attached hydrogens (primary N) is 1. The fourth-order valence-corrected chi connectivity index (χ4v) is 1.62. The molecule has 1 aromatic rings. The highest BCUT2D eigenvalue weighted by Gasteiger charge is 2.23. The predicted molar refractivity (Wildman–Crippen MR) is 77.8 cm³/mol. The lowest BCUT2D eigenvalue weighted by Crippen LogP contribution is -2.38. The van der Waals surface area contributed by atoms with E-state index in [-0.39, 0.29) is 17.4 Å². The summed E-state index contributed by atoms with van der Waals surface area (Å²) in [7, 11) is 1.65. The summed E-state index contributed by atoms with van der Waals surface area (Å²) in [5, 5.41) is 2.87. The monoisotopic (exact) mass is 264 g/mol. The quantitative estimate of drug-likeness (QED) is 0.859.